The summed E-state index contributed by atoms with van der Waals surface area (Å²) in [5.41, 5.74) is 0.195. The second kappa shape index (κ2) is 5.22. The van der Waals surface area contributed by atoms with Crippen LogP contribution in [0.15, 0.2) is 24.3 Å². The van der Waals surface area contributed by atoms with E-state index < -0.39 is 17.0 Å². The standard InChI is InChI=1S/C10H11NO5/c1-16-10(13)6-9(12)7-3-2-4-8(5-7)11(14)15/h2-5,9,12H,6H2,1H3/t9-/m1/s1. The average molecular weight is 225 g/mol. The molecule has 6 heteroatoms. The second-order valence-electron chi connectivity index (χ2n) is 3.15. The zero-order valence-electron chi connectivity index (χ0n) is 8.62. The van der Waals surface area contributed by atoms with Gasteiger partial charge in [0.05, 0.1) is 24.6 Å². The van der Waals surface area contributed by atoms with Crippen molar-refractivity contribution in [3.63, 3.8) is 0 Å². The van der Waals surface area contributed by atoms with E-state index in [2.05, 4.69) is 4.74 Å². The number of hydrogen-bond donors (Lipinski definition) is 1. The molecule has 1 aromatic carbocycles. The first-order chi connectivity index (χ1) is 7.54. The van der Waals surface area contributed by atoms with E-state index in [0.717, 1.165) is 0 Å². The molecule has 0 spiro atoms. The Morgan fingerprint density at radius 2 is 2.31 bits per heavy atom. The molecule has 0 aliphatic heterocycles. The fourth-order valence-electron chi connectivity index (χ4n) is 1.20. The zero-order chi connectivity index (χ0) is 12.1. The monoisotopic (exact) mass is 225 g/mol. The summed E-state index contributed by atoms with van der Waals surface area (Å²) in [4.78, 5) is 20.8. The van der Waals surface area contributed by atoms with Crippen molar-refractivity contribution >= 4 is 11.7 Å². The number of esters is 1. The molecule has 0 aromatic heterocycles. The van der Waals surface area contributed by atoms with Crippen LogP contribution in [0.2, 0.25) is 0 Å². The number of nitrogens with zero attached hydrogens (tertiary/aromatic N) is 1. The highest BCUT2D eigenvalue weighted by molar-refractivity contribution is 5.70. The molecule has 16 heavy (non-hydrogen) atoms. The molecule has 0 saturated carbocycles. The van der Waals surface area contributed by atoms with Crippen LogP contribution in [0.4, 0.5) is 5.69 Å². The molecule has 0 bridgehead atoms. The Labute approximate surface area is 91.6 Å². The number of ether oxygens (including phenoxy) is 1. The topological polar surface area (TPSA) is 89.7 Å². The van der Waals surface area contributed by atoms with Crippen molar-refractivity contribution in [2.24, 2.45) is 0 Å². The first-order valence-corrected chi connectivity index (χ1v) is 4.54. The van der Waals surface area contributed by atoms with E-state index in [9.17, 15) is 20.0 Å². The van der Waals surface area contributed by atoms with Crippen LogP contribution in [-0.2, 0) is 9.53 Å². The first-order valence-electron chi connectivity index (χ1n) is 4.54. The summed E-state index contributed by atoms with van der Waals surface area (Å²) < 4.78 is 4.39. The van der Waals surface area contributed by atoms with Crippen LogP contribution >= 0.6 is 0 Å². The Hall–Kier alpha value is -1.95. The Bertz CT molecular complexity index is 404. The number of nitro benzene ring substituents is 1. The quantitative estimate of drug-likeness (QED) is 0.472. The third kappa shape index (κ3) is 3.03. The third-order valence-corrected chi connectivity index (χ3v) is 2.05. The Balaban J connectivity index is 2.83. The van der Waals surface area contributed by atoms with Gasteiger partial charge in [0.2, 0.25) is 0 Å². The van der Waals surface area contributed by atoms with Crippen molar-refractivity contribution in [3.8, 4) is 0 Å². The number of carbonyl (C=O) groups excluding carboxylic acids is 1. The summed E-state index contributed by atoms with van der Waals surface area (Å²) in [6.07, 6.45) is -1.31. The van der Waals surface area contributed by atoms with E-state index in [0.29, 0.717) is 5.56 Å². The summed E-state index contributed by atoms with van der Waals surface area (Å²) >= 11 is 0. The highest BCUT2D eigenvalue weighted by Crippen LogP contribution is 2.21. The van der Waals surface area contributed by atoms with Gasteiger partial charge in [-0.05, 0) is 5.56 Å². The van der Waals surface area contributed by atoms with Gasteiger partial charge in [0, 0.05) is 12.1 Å². The van der Waals surface area contributed by atoms with E-state index in [1.807, 2.05) is 0 Å². The van der Waals surface area contributed by atoms with Crippen molar-refractivity contribution < 1.29 is 19.6 Å². The van der Waals surface area contributed by atoms with Crippen LogP contribution < -0.4 is 0 Å². The molecule has 0 aliphatic rings. The van der Waals surface area contributed by atoms with E-state index in [4.69, 9.17) is 0 Å². The smallest absolute Gasteiger partial charge is 0.308 e. The highest BCUT2D eigenvalue weighted by atomic mass is 16.6. The van der Waals surface area contributed by atoms with Gasteiger partial charge in [0.25, 0.3) is 5.69 Å². The SMILES string of the molecule is COC(=O)C[C@@H](O)c1cccc([N+](=O)[O-])c1. The maximum Gasteiger partial charge on any atom is 0.308 e. The largest absolute Gasteiger partial charge is 0.469 e. The molecule has 1 atom stereocenters. The first kappa shape index (κ1) is 12.1. The van der Waals surface area contributed by atoms with Crippen LogP contribution in [0.25, 0.3) is 0 Å². The van der Waals surface area contributed by atoms with Gasteiger partial charge in [-0.2, -0.15) is 0 Å². The third-order valence-electron chi connectivity index (χ3n) is 2.05. The van der Waals surface area contributed by atoms with Crippen molar-refractivity contribution in [1.82, 2.24) is 0 Å². The lowest BCUT2D eigenvalue weighted by atomic mass is 10.1. The van der Waals surface area contributed by atoms with E-state index >= 15 is 0 Å². The lowest BCUT2D eigenvalue weighted by Crippen LogP contribution is -2.08. The van der Waals surface area contributed by atoms with Crippen LogP contribution in [0.5, 0.6) is 0 Å². The van der Waals surface area contributed by atoms with E-state index in [1.54, 1.807) is 0 Å². The predicted molar refractivity (Wildman–Crippen MR) is 54.7 cm³/mol. The maximum absolute atomic E-state index is 10.9. The number of nitro groups is 1. The van der Waals surface area contributed by atoms with Gasteiger partial charge >= 0.3 is 5.97 Å². The molecule has 0 unspecified atom stereocenters. The summed E-state index contributed by atoms with van der Waals surface area (Å²) in [5, 5.41) is 20.1. The molecule has 0 heterocycles. The minimum atomic E-state index is -1.09. The summed E-state index contributed by atoms with van der Waals surface area (Å²) in [5.74, 6) is -0.570. The zero-order valence-corrected chi connectivity index (χ0v) is 8.62. The number of aliphatic hydroxyl groups excluding tert-OH is 1. The fourth-order valence-corrected chi connectivity index (χ4v) is 1.20. The van der Waals surface area contributed by atoms with E-state index in [-0.39, 0.29) is 12.1 Å². The molecule has 0 radical (unpaired) electrons. The van der Waals surface area contributed by atoms with E-state index in [1.165, 1.54) is 31.4 Å². The van der Waals surface area contributed by atoms with Gasteiger partial charge in [-0.25, -0.2) is 0 Å². The number of hydrogen-bond acceptors (Lipinski definition) is 5. The molecule has 1 aromatic rings. The molecule has 86 valence electrons. The van der Waals surface area contributed by atoms with Gasteiger partial charge in [-0.3, -0.25) is 14.9 Å². The maximum atomic E-state index is 10.9. The molecular formula is C10H11NO5. The van der Waals surface area contributed by atoms with Crippen LogP contribution in [0, 0.1) is 10.1 Å². The van der Waals surface area contributed by atoms with Gasteiger partial charge in [0.1, 0.15) is 0 Å². The Morgan fingerprint density at radius 3 is 2.88 bits per heavy atom. The van der Waals surface area contributed by atoms with Crippen LogP contribution in [0.1, 0.15) is 18.1 Å². The number of non-ortho nitro benzene ring substituents is 1. The Kier molecular flexibility index (Phi) is 3.96. The Morgan fingerprint density at radius 1 is 1.62 bits per heavy atom. The molecule has 0 fully saturated rings. The van der Waals surface area contributed by atoms with Gasteiger partial charge in [-0.1, -0.05) is 12.1 Å². The predicted octanol–water partition coefficient (Wildman–Crippen LogP) is 1.19. The van der Waals surface area contributed by atoms with Crippen molar-refractivity contribution in [2.75, 3.05) is 7.11 Å². The molecule has 0 saturated heterocycles. The van der Waals surface area contributed by atoms with Gasteiger partial charge in [0.15, 0.2) is 0 Å². The molecule has 6 nitrogen and oxygen atoms in total. The molecule has 1 N–H and O–H groups in total. The van der Waals surface area contributed by atoms with Crippen molar-refractivity contribution in [2.45, 2.75) is 12.5 Å². The van der Waals surface area contributed by atoms with Crippen molar-refractivity contribution in [3.05, 3.63) is 39.9 Å². The molecular weight excluding hydrogens is 214 g/mol. The highest BCUT2D eigenvalue weighted by Gasteiger charge is 2.15. The summed E-state index contributed by atoms with van der Waals surface area (Å²) in [6, 6.07) is 5.51. The number of rotatable bonds is 4. The molecule has 0 aliphatic carbocycles. The van der Waals surface area contributed by atoms with Gasteiger partial charge in [-0.15, -0.1) is 0 Å². The van der Waals surface area contributed by atoms with Crippen LogP contribution in [0.3, 0.4) is 0 Å². The summed E-state index contributed by atoms with van der Waals surface area (Å²) in [6.45, 7) is 0. The summed E-state index contributed by atoms with van der Waals surface area (Å²) in [7, 11) is 1.21. The van der Waals surface area contributed by atoms with Crippen molar-refractivity contribution in [1.29, 1.82) is 0 Å². The lowest BCUT2D eigenvalue weighted by Gasteiger charge is -2.08. The minimum absolute atomic E-state index is 0.124. The normalized spacial score (nSPS) is 11.9. The minimum Gasteiger partial charge on any atom is -0.469 e. The second-order valence-corrected chi connectivity index (χ2v) is 3.15. The number of carbonyl (C=O) groups is 1. The lowest BCUT2D eigenvalue weighted by molar-refractivity contribution is -0.385. The number of methoxy groups -OCH3 is 1. The fraction of sp³-hybridized carbons (Fsp3) is 0.300. The number of aliphatic hydroxyl groups is 1. The molecule has 1 rings (SSSR count). The van der Waals surface area contributed by atoms with Crippen LogP contribution in [-0.4, -0.2) is 23.1 Å². The average Bonchev–Trinajstić information content (AvgIpc) is 2.28. The molecule has 0 amide bonds. The van der Waals surface area contributed by atoms with Gasteiger partial charge < -0.3 is 9.84 Å². The number of benzene rings is 1.